The highest BCUT2D eigenvalue weighted by atomic mass is 16.7. The van der Waals surface area contributed by atoms with Crippen LogP contribution in [0.2, 0.25) is 0 Å². The normalized spacial score (nSPS) is 18.1. The fourth-order valence-corrected chi connectivity index (χ4v) is 4.70. The number of rotatable bonds is 4. The SMILES string of the molecule is Cc1cc(N=Cc2ccccn2)c2c(c1)C1CC(O2)Oc2c(N=Cc3ccccn3)cc(C)cc21. The molecule has 172 valence electrons. The zero-order valence-corrected chi connectivity index (χ0v) is 19.6. The minimum Gasteiger partial charge on any atom is -0.452 e. The maximum absolute atomic E-state index is 6.36. The third-order valence-electron chi connectivity index (χ3n) is 6.21. The third-order valence-corrected chi connectivity index (χ3v) is 6.21. The van der Waals surface area contributed by atoms with Gasteiger partial charge in [0, 0.05) is 35.9 Å². The van der Waals surface area contributed by atoms with Crippen molar-refractivity contribution in [3.05, 3.63) is 107 Å². The van der Waals surface area contributed by atoms with Crippen LogP contribution in [0.4, 0.5) is 11.4 Å². The zero-order valence-electron chi connectivity index (χ0n) is 19.6. The van der Waals surface area contributed by atoms with Crippen LogP contribution < -0.4 is 9.47 Å². The number of nitrogens with zero attached hydrogens (tertiary/aromatic N) is 4. The molecule has 0 aliphatic carbocycles. The number of pyridine rings is 2. The van der Waals surface area contributed by atoms with Gasteiger partial charge in [-0.05, 0) is 61.4 Å². The van der Waals surface area contributed by atoms with Crippen molar-refractivity contribution < 1.29 is 9.47 Å². The maximum Gasteiger partial charge on any atom is 0.242 e. The van der Waals surface area contributed by atoms with E-state index in [2.05, 4.69) is 35.9 Å². The standard InChI is InChI=1S/C29H24N4O2/c1-18-11-23-22-15-27(34-28(23)25(13-18)32-16-20-7-3-5-9-30-20)35-29-24(22)12-19(2)14-26(29)33-17-21-8-4-6-10-31-21/h3-14,16-17,22,27H,15H2,1-2H3. The van der Waals surface area contributed by atoms with E-state index in [9.17, 15) is 0 Å². The Balaban J connectivity index is 1.42. The van der Waals surface area contributed by atoms with Crippen molar-refractivity contribution in [2.24, 2.45) is 9.98 Å². The van der Waals surface area contributed by atoms with E-state index in [1.807, 2.05) is 48.5 Å². The van der Waals surface area contributed by atoms with Crippen LogP contribution in [0.1, 0.15) is 46.0 Å². The van der Waals surface area contributed by atoms with Gasteiger partial charge in [0.15, 0.2) is 11.5 Å². The first kappa shape index (κ1) is 21.2. The van der Waals surface area contributed by atoms with Crippen molar-refractivity contribution in [1.82, 2.24) is 9.97 Å². The number of hydrogen-bond acceptors (Lipinski definition) is 6. The Kier molecular flexibility index (Phi) is 5.34. The van der Waals surface area contributed by atoms with Crippen LogP contribution >= 0.6 is 0 Å². The number of aromatic nitrogens is 2. The van der Waals surface area contributed by atoms with Crippen LogP contribution in [0.5, 0.6) is 11.5 Å². The summed E-state index contributed by atoms with van der Waals surface area (Å²) in [6.45, 7) is 4.18. The zero-order chi connectivity index (χ0) is 23.8. The molecule has 6 rings (SSSR count). The molecule has 2 bridgehead atoms. The molecule has 2 aromatic heterocycles. The molecule has 0 fully saturated rings. The number of hydrogen-bond donors (Lipinski definition) is 0. The molecule has 4 heterocycles. The number of aliphatic imine (C=N–C) groups is 2. The number of ether oxygens (including phenoxy) is 2. The molecule has 6 heteroatoms. The summed E-state index contributed by atoms with van der Waals surface area (Å²) < 4.78 is 12.7. The van der Waals surface area contributed by atoms with E-state index in [-0.39, 0.29) is 5.92 Å². The summed E-state index contributed by atoms with van der Waals surface area (Å²) in [5.74, 6) is 1.68. The van der Waals surface area contributed by atoms with Gasteiger partial charge in [0.1, 0.15) is 11.4 Å². The molecular weight excluding hydrogens is 436 g/mol. The van der Waals surface area contributed by atoms with E-state index in [0.29, 0.717) is 0 Å². The van der Waals surface area contributed by atoms with E-state index < -0.39 is 6.29 Å². The Hall–Kier alpha value is -4.32. The van der Waals surface area contributed by atoms with Gasteiger partial charge in [0.2, 0.25) is 6.29 Å². The maximum atomic E-state index is 6.36. The molecule has 6 nitrogen and oxygen atoms in total. The summed E-state index contributed by atoms with van der Waals surface area (Å²) in [7, 11) is 0. The highest BCUT2D eigenvalue weighted by Crippen LogP contribution is 2.53. The summed E-state index contributed by atoms with van der Waals surface area (Å²) in [4.78, 5) is 18.1. The molecule has 0 unspecified atom stereocenters. The van der Waals surface area contributed by atoms with Gasteiger partial charge in [-0.3, -0.25) is 20.0 Å². The monoisotopic (exact) mass is 460 g/mol. The van der Waals surface area contributed by atoms with Gasteiger partial charge < -0.3 is 9.47 Å². The fraction of sp³-hybridized carbons (Fsp3) is 0.172. The van der Waals surface area contributed by atoms with E-state index >= 15 is 0 Å². The number of benzene rings is 2. The lowest BCUT2D eigenvalue weighted by Gasteiger charge is -2.39. The van der Waals surface area contributed by atoms with Gasteiger partial charge in [-0.1, -0.05) is 24.3 Å². The lowest BCUT2D eigenvalue weighted by Crippen LogP contribution is -2.35. The predicted octanol–water partition coefficient (Wildman–Crippen LogP) is 6.23. The molecule has 4 aromatic rings. The molecule has 0 amide bonds. The lowest BCUT2D eigenvalue weighted by atomic mass is 9.82. The van der Waals surface area contributed by atoms with Crippen LogP contribution in [0.3, 0.4) is 0 Å². The first-order chi connectivity index (χ1) is 17.1. The van der Waals surface area contributed by atoms with Crippen LogP contribution in [0.15, 0.2) is 83.0 Å². The smallest absolute Gasteiger partial charge is 0.242 e. The van der Waals surface area contributed by atoms with Crippen molar-refractivity contribution in [3.8, 4) is 11.5 Å². The van der Waals surface area contributed by atoms with Gasteiger partial charge in [-0.2, -0.15) is 0 Å². The molecule has 0 saturated carbocycles. The van der Waals surface area contributed by atoms with Crippen molar-refractivity contribution >= 4 is 23.8 Å². The number of aryl methyl sites for hydroxylation is 2. The fourth-order valence-electron chi connectivity index (χ4n) is 4.70. The first-order valence-corrected chi connectivity index (χ1v) is 11.7. The molecule has 0 spiro atoms. The predicted molar refractivity (Wildman–Crippen MR) is 137 cm³/mol. The van der Waals surface area contributed by atoms with Crippen molar-refractivity contribution in [2.45, 2.75) is 32.5 Å². The van der Waals surface area contributed by atoms with Crippen LogP contribution in [0.25, 0.3) is 0 Å². The van der Waals surface area contributed by atoms with E-state index in [1.54, 1.807) is 24.8 Å². The molecule has 0 saturated heterocycles. The van der Waals surface area contributed by atoms with E-state index in [4.69, 9.17) is 19.5 Å². The molecule has 0 radical (unpaired) electrons. The largest absolute Gasteiger partial charge is 0.452 e. The third kappa shape index (κ3) is 4.19. The molecule has 0 N–H and O–H groups in total. The summed E-state index contributed by atoms with van der Waals surface area (Å²) in [6.07, 6.45) is 7.40. The molecule has 2 aliphatic rings. The highest BCUT2D eigenvalue weighted by Gasteiger charge is 2.39. The lowest BCUT2D eigenvalue weighted by molar-refractivity contribution is -0.0255. The average molecular weight is 461 g/mol. The minimum atomic E-state index is -0.405. The summed E-state index contributed by atoms with van der Waals surface area (Å²) in [6, 6.07) is 20.0. The first-order valence-electron chi connectivity index (χ1n) is 11.7. The molecular formula is C29H24N4O2. The second-order valence-electron chi connectivity index (χ2n) is 8.88. The highest BCUT2D eigenvalue weighted by molar-refractivity contribution is 5.82. The van der Waals surface area contributed by atoms with Crippen LogP contribution in [-0.2, 0) is 0 Å². The average Bonchev–Trinajstić information content (AvgIpc) is 2.88. The Morgan fingerprint density at radius 1 is 0.743 bits per heavy atom. The van der Waals surface area contributed by atoms with Crippen molar-refractivity contribution in [1.29, 1.82) is 0 Å². The second kappa shape index (κ2) is 8.80. The molecule has 2 aliphatic heterocycles. The van der Waals surface area contributed by atoms with Crippen LogP contribution in [0, 0.1) is 13.8 Å². The van der Waals surface area contributed by atoms with Crippen molar-refractivity contribution in [3.63, 3.8) is 0 Å². The Morgan fingerprint density at radius 2 is 1.26 bits per heavy atom. The van der Waals surface area contributed by atoms with Crippen LogP contribution in [-0.4, -0.2) is 28.7 Å². The summed E-state index contributed by atoms with van der Waals surface area (Å²) in [5, 5.41) is 0. The van der Waals surface area contributed by atoms with Gasteiger partial charge in [-0.15, -0.1) is 0 Å². The van der Waals surface area contributed by atoms with Crippen molar-refractivity contribution in [2.75, 3.05) is 0 Å². The van der Waals surface area contributed by atoms with E-state index in [1.165, 1.54) is 0 Å². The minimum absolute atomic E-state index is 0.139. The summed E-state index contributed by atoms with van der Waals surface area (Å²) in [5.41, 5.74) is 7.69. The topological polar surface area (TPSA) is 69.0 Å². The van der Waals surface area contributed by atoms with Gasteiger partial charge >= 0.3 is 0 Å². The van der Waals surface area contributed by atoms with E-state index in [0.717, 1.165) is 62.9 Å². The second-order valence-corrected chi connectivity index (χ2v) is 8.88. The Bertz CT molecular complexity index is 1340. The number of fused-ring (bicyclic) bond motifs is 6. The van der Waals surface area contributed by atoms with Gasteiger partial charge in [0.05, 0.1) is 23.8 Å². The molecule has 0 atom stereocenters. The summed E-state index contributed by atoms with van der Waals surface area (Å²) >= 11 is 0. The molecule has 2 aromatic carbocycles. The Morgan fingerprint density at radius 3 is 1.71 bits per heavy atom. The van der Waals surface area contributed by atoms with Gasteiger partial charge in [-0.25, -0.2) is 0 Å². The quantitative estimate of drug-likeness (QED) is 0.339. The molecule has 35 heavy (non-hydrogen) atoms. The Labute approximate surface area is 204 Å². The van der Waals surface area contributed by atoms with Gasteiger partial charge in [0.25, 0.3) is 0 Å².